The molecule has 1 heterocycles. The highest BCUT2D eigenvalue weighted by atomic mass is 16.5. The number of carbonyl (C=O) groups excluding carboxylic acids is 4. The summed E-state index contributed by atoms with van der Waals surface area (Å²) in [6, 6.07) is -2.48. The third-order valence-corrected chi connectivity index (χ3v) is 6.08. The first-order valence-corrected chi connectivity index (χ1v) is 11.6. The standard InChI is InChI=1S/C23H41N3O5/c1-8-10-11-15(6)17-12-18(27)25-19(13(3)4)22(29)24-16(7)21(28)26-20(14(5)9-2)23(30)31-17/h13-17,19-20H,8-12H2,1-7H3,(H,24,29)(H,25,27)(H,26,28)/t14-,15-,16-,17-,19-,20?/m0/s1. The predicted molar refractivity (Wildman–Crippen MR) is 119 cm³/mol. The minimum Gasteiger partial charge on any atom is -0.460 e. The molecule has 3 amide bonds. The molecule has 6 atom stereocenters. The molecular weight excluding hydrogens is 398 g/mol. The second-order valence-electron chi connectivity index (χ2n) is 9.19. The maximum atomic E-state index is 13.0. The number of rotatable bonds is 7. The molecule has 1 saturated heterocycles. The van der Waals surface area contributed by atoms with Crippen LogP contribution in [0, 0.1) is 17.8 Å². The van der Waals surface area contributed by atoms with Crippen LogP contribution in [0.1, 0.15) is 80.6 Å². The number of amides is 3. The highest BCUT2D eigenvalue weighted by molar-refractivity contribution is 5.94. The van der Waals surface area contributed by atoms with Crippen LogP contribution in [0.25, 0.3) is 0 Å². The summed E-state index contributed by atoms with van der Waals surface area (Å²) in [4.78, 5) is 51.3. The van der Waals surface area contributed by atoms with Crippen molar-refractivity contribution < 1.29 is 23.9 Å². The zero-order valence-electron chi connectivity index (χ0n) is 20.1. The van der Waals surface area contributed by atoms with Gasteiger partial charge in [-0.15, -0.1) is 0 Å². The van der Waals surface area contributed by atoms with E-state index in [1.54, 1.807) is 6.92 Å². The minimum absolute atomic E-state index is 0.0240. The van der Waals surface area contributed by atoms with Gasteiger partial charge in [0.15, 0.2) is 0 Å². The number of hydrogen-bond acceptors (Lipinski definition) is 5. The fourth-order valence-electron chi connectivity index (χ4n) is 3.56. The second-order valence-corrected chi connectivity index (χ2v) is 9.19. The van der Waals surface area contributed by atoms with Crippen molar-refractivity contribution in [2.45, 2.75) is 105 Å². The van der Waals surface area contributed by atoms with Gasteiger partial charge < -0.3 is 20.7 Å². The van der Waals surface area contributed by atoms with Crippen LogP contribution in [0.2, 0.25) is 0 Å². The van der Waals surface area contributed by atoms with Crippen LogP contribution in [0.4, 0.5) is 0 Å². The zero-order chi connectivity index (χ0) is 23.7. The van der Waals surface area contributed by atoms with Crippen molar-refractivity contribution in [2.24, 2.45) is 17.8 Å². The molecule has 0 aromatic rings. The molecule has 0 bridgehead atoms. The summed E-state index contributed by atoms with van der Waals surface area (Å²) in [5, 5.41) is 8.17. The number of hydrogen-bond donors (Lipinski definition) is 3. The molecule has 8 nitrogen and oxygen atoms in total. The van der Waals surface area contributed by atoms with Crippen LogP contribution < -0.4 is 16.0 Å². The number of esters is 1. The van der Waals surface area contributed by atoms with Crippen molar-refractivity contribution >= 4 is 23.7 Å². The van der Waals surface area contributed by atoms with Gasteiger partial charge in [0.05, 0.1) is 6.42 Å². The molecule has 1 fully saturated rings. The van der Waals surface area contributed by atoms with Crippen LogP contribution in [-0.4, -0.2) is 47.9 Å². The summed E-state index contributed by atoms with van der Waals surface area (Å²) in [6.07, 6.45) is 2.77. The van der Waals surface area contributed by atoms with Gasteiger partial charge in [-0.1, -0.05) is 60.8 Å². The fraction of sp³-hybridized carbons (Fsp3) is 0.826. The van der Waals surface area contributed by atoms with Gasteiger partial charge in [0.25, 0.3) is 0 Å². The van der Waals surface area contributed by atoms with Gasteiger partial charge in [0, 0.05) is 0 Å². The largest absolute Gasteiger partial charge is 0.460 e. The molecule has 0 aromatic carbocycles. The lowest BCUT2D eigenvalue weighted by Gasteiger charge is -2.29. The maximum Gasteiger partial charge on any atom is 0.329 e. The SMILES string of the molecule is CCCC[C@H](C)[C@@H]1CC(=O)N[C@@H](C(C)C)C(=O)N[C@@H](C)C(=O)NC([C@@H](C)CC)C(=O)O1. The molecule has 1 aliphatic heterocycles. The van der Waals surface area contributed by atoms with Gasteiger partial charge in [-0.3, -0.25) is 14.4 Å². The number of carbonyl (C=O) groups is 4. The van der Waals surface area contributed by atoms with Crippen molar-refractivity contribution in [3.8, 4) is 0 Å². The minimum atomic E-state index is -0.856. The Morgan fingerprint density at radius 1 is 0.903 bits per heavy atom. The highest BCUT2D eigenvalue weighted by Gasteiger charge is 2.35. The fourth-order valence-corrected chi connectivity index (χ4v) is 3.56. The first-order chi connectivity index (χ1) is 14.5. The Hall–Kier alpha value is -2.12. The summed E-state index contributed by atoms with van der Waals surface area (Å²) in [5.74, 6) is -2.13. The number of cyclic esters (lactones) is 1. The van der Waals surface area contributed by atoms with Crippen LogP contribution in [0.15, 0.2) is 0 Å². The molecule has 31 heavy (non-hydrogen) atoms. The van der Waals surface area contributed by atoms with E-state index in [0.29, 0.717) is 6.42 Å². The summed E-state index contributed by atoms with van der Waals surface area (Å²) < 4.78 is 5.82. The molecule has 0 spiro atoms. The van der Waals surface area contributed by atoms with Crippen molar-refractivity contribution in [3.63, 3.8) is 0 Å². The number of nitrogens with one attached hydrogen (secondary N) is 3. The molecule has 1 aliphatic rings. The molecule has 0 radical (unpaired) electrons. The zero-order valence-corrected chi connectivity index (χ0v) is 20.1. The predicted octanol–water partition coefficient (Wildman–Crippen LogP) is 2.30. The molecule has 8 heteroatoms. The van der Waals surface area contributed by atoms with E-state index in [2.05, 4.69) is 22.9 Å². The van der Waals surface area contributed by atoms with Gasteiger partial charge in [0.2, 0.25) is 17.7 Å². The van der Waals surface area contributed by atoms with E-state index in [1.807, 2.05) is 34.6 Å². The highest BCUT2D eigenvalue weighted by Crippen LogP contribution is 2.21. The van der Waals surface area contributed by atoms with Crippen LogP contribution >= 0.6 is 0 Å². The molecule has 0 aliphatic carbocycles. The monoisotopic (exact) mass is 439 g/mol. The Kier molecular flexibility index (Phi) is 11.0. The molecule has 3 N–H and O–H groups in total. The first kappa shape index (κ1) is 26.9. The van der Waals surface area contributed by atoms with E-state index < -0.39 is 42.0 Å². The first-order valence-electron chi connectivity index (χ1n) is 11.6. The molecule has 1 unspecified atom stereocenters. The smallest absolute Gasteiger partial charge is 0.329 e. The van der Waals surface area contributed by atoms with Crippen LogP contribution in [0.5, 0.6) is 0 Å². The third-order valence-electron chi connectivity index (χ3n) is 6.08. The third kappa shape index (κ3) is 8.15. The molecule has 0 saturated carbocycles. The normalized spacial score (nSPS) is 28.3. The van der Waals surface area contributed by atoms with E-state index in [1.165, 1.54) is 0 Å². The topological polar surface area (TPSA) is 114 Å². The summed E-state index contributed by atoms with van der Waals surface area (Å²) in [5.41, 5.74) is 0. The van der Waals surface area contributed by atoms with Gasteiger partial charge >= 0.3 is 5.97 Å². The second kappa shape index (κ2) is 12.7. The van der Waals surface area contributed by atoms with E-state index in [-0.39, 0.29) is 30.1 Å². The summed E-state index contributed by atoms with van der Waals surface area (Å²) in [7, 11) is 0. The maximum absolute atomic E-state index is 13.0. The lowest BCUT2D eigenvalue weighted by molar-refractivity contribution is -0.158. The summed E-state index contributed by atoms with van der Waals surface area (Å²) in [6.45, 7) is 13.0. The van der Waals surface area contributed by atoms with E-state index in [9.17, 15) is 19.2 Å². The Balaban J connectivity index is 3.28. The molecule has 178 valence electrons. The lowest BCUT2D eigenvalue weighted by Crippen LogP contribution is -2.56. The summed E-state index contributed by atoms with van der Waals surface area (Å²) >= 11 is 0. The Labute approximate surface area is 186 Å². The molecule has 0 aromatic heterocycles. The average molecular weight is 440 g/mol. The lowest BCUT2D eigenvalue weighted by atomic mass is 9.94. The van der Waals surface area contributed by atoms with Crippen LogP contribution in [0.3, 0.4) is 0 Å². The van der Waals surface area contributed by atoms with Gasteiger partial charge in [-0.2, -0.15) is 0 Å². The van der Waals surface area contributed by atoms with Gasteiger partial charge in [-0.25, -0.2) is 4.79 Å². The van der Waals surface area contributed by atoms with Crippen molar-refractivity contribution in [1.29, 1.82) is 0 Å². The van der Waals surface area contributed by atoms with Gasteiger partial charge in [-0.05, 0) is 31.1 Å². The van der Waals surface area contributed by atoms with Crippen molar-refractivity contribution in [3.05, 3.63) is 0 Å². The van der Waals surface area contributed by atoms with Crippen LogP contribution in [-0.2, 0) is 23.9 Å². The average Bonchev–Trinajstić information content (AvgIpc) is 2.71. The number of unbranched alkanes of at least 4 members (excludes halogenated alkanes) is 1. The van der Waals surface area contributed by atoms with Crippen molar-refractivity contribution in [1.82, 2.24) is 16.0 Å². The Bertz CT molecular complexity index is 637. The Morgan fingerprint density at radius 3 is 2.10 bits per heavy atom. The van der Waals surface area contributed by atoms with E-state index in [0.717, 1.165) is 19.3 Å². The number of ether oxygens (including phenoxy) is 1. The van der Waals surface area contributed by atoms with Crippen molar-refractivity contribution in [2.75, 3.05) is 0 Å². The molecular formula is C23H41N3O5. The van der Waals surface area contributed by atoms with E-state index in [4.69, 9.17) is 4.74 Å². The quantitative estimate of drug-likeness (QED) is 0.527. The molecule has 1 rings (SSSR count). The van der Waals surface area contributed by atoms with Gasteiger partial charge in [0.1, 0.15) is 24.2 Å². The van der Waals surface area contributed by atoms with E-state index >= 15 is 0 Å². The Morgan fingerprint density at radius 2 is 1.55 bits per heavy atom.